The number of aryl methyl sites for hydroxylation is 1. The average molecular weight is 335 g/mol. The van der Waals surface area contributed by atoms with Crippen molar-refractivity contribution in [2.45, 2.75) is 6.92 Å². The highest BCUT2D eigenvalue weighted by Gasteiger charge is 2.21. The number of carbonyl (C=O) groups is 2. The Morgan fingerprint density at radius 1 is 1.35 bits per heavy atom. The van der Waals surface area contributed by atoms with Gasteiger partial charge >= 0.3 is 6.03 Å². The zero-order chi connectivity index (χ0) is 16.8. The van der Waals surface area contributed by atoms with Crippen LogP contribution in [0.15, 0.2) is 29.4 Å². The molecule has 10 heteroatoms. The minimum Gasteiger partial charge on any atom is -0.429 e. The number of primary amides is 1. The number of ether oxygens (including phenoxy) is 1. The fraction of sp³-hybridized carbons (Fsp3) is 0.154. The maximum Gasteiger partial charge on any atom is 0.319 e. The molecule has 0 aliphatic carbocycles. The standard InChI is InChI=1S/C13H13N5O4S/c1-7-15-13(23-18-7)22-9-6-4-3-5-8(9)10(17-21-2)11(19)16-12(14)20/h3-6H,1-2H3,(H3,14,16,19,20)/b17-10+. The quantitative estimate of drug-likeness (QED) is 0.623. The van der Waals surface area contributed by atoms with Crippen molar-refractivity contribution in [2.75, 3.05) is 7.11 Å². The zero-order valence-corrected chi connectivity index (χ0v) is 13.1. The molecule has 0 aliphatic heterocycles. The third kappa shape index (κ3) is 4.23. The number of oxime groups is 1. The molecule has 0 bridgehead atoms. The van der Waals surface area contributed by atoms with Gasteiger partial charge in [-0.15, -0.1) is 0 Å². The van der Waals surface area contributed by atoms with Crippen molar-refractivity contribution in [2.24, 2.45) is 10.9 Å². The van der Waals surface area contributed by atoms with Gasteiger partial charge < -0.3 is 15.3 Å². The summed E-state index contributed by atoms with van der Waals surface area (Å²) < 4.78 is 9.63. The summed E-state index contributed by atoms with van der Waals surface area (Å²) in [6.07, 6.45) is 0. The predicted molar refractivity (Wildman–Crippen MR) is 82.4 cm³/mol. The lowest BCUT2D eigenvalue weighted by Gasteiger charge is -2.10. The first-order valence-electron chi connectivity index (χ1n) is 6.30. The summed E-state index contributed by atoms with van der Waals surface area (Å²) in [5.74, 6) is 0.0580. The van der Waals surface area contributed by atoms with E-state index < -0.39 is 11.9 Å². The zero-order valence-electron chi connectivity index (χ0n) is 12.3. The number of rotatable bonds is 5. The van der Waals surface area contributed by atoms with Gasteiger partial charge in [-0.2, -0.15) is 9.36 Å². The number of nitrogens with one attached hydrogen (secondary N) is 1. The van der Waals surface area contributed by atoms with Crippen molar-refractivity contribution in [3.63, 3.8) is 0 Å². The van der Waals surface area contributed by atoms with Crippen LogP contribution in [0.1, 0.15) is 11.4 Å². The second-order valence-electron chi connectivity index (χ2n) is 4.15. The number of urea groups is 1. The van der Waals surface area contributed by atoms with Crippen molar-refractivity contribution < 1.29 is 19.2 Å². The predicted octanol–water partition coefficient (Wildman–Crippen LogP) is 1.18. The van der Waals surface area contributed by atoms with E-state index in [4.69, 9.17) is 10.5 Å². The Balaban J connectivity index is 2.38. The van der Waals surface area contributed by atoms with Gasteiger partial charge in [0.2, 0.25) is 0 Å². The van der Waals surface area contributed by atoms with Crippen molar-refractivity contribution in [1.82, 2.24) is 14.7 Å². The second-order valence-corrected chi connectivity index (χ2v) is 4.86. The van der Waals surface area contributed by atoms with E-state index in [2.05, 4.69) is 19.4 Å². The summed E-state index contributed by atoms with van der Waals surface area (Å²) in [4.78, 5) is 31.7. The molecular formula is C13H13N5O4S. The highest BCUT2D eigenvalue weighted by Crippen LogP contribution is 2.27. The first-order chi connectivity index (χ1) is 11.0. The van der Waals surface area contributed by atoms with Gasteiger partial charge in [-0.25, -0.2) is 4.79 Å². The molecule has 2 rings (SSSR count). The molecule has 0 aliphatic rings. The van der Waals surface area contributed by atoms with Crippen LogP contribution in [0.4, 0.5) is 4.79 Å². The lowest BCUT2D eigenvalue weighted by molar-refractivity contribution is -0.113. The number of hydrogen-bond acceptors (Lipinski definition) is 8. The third-order valence-electron chi connectivity index (χ3n) is 2.48. The molecule has 3 N–H and O–H groups in total. The number of nitrogens with two attached hydrogens (primary N) is 1. The number of para-hydroxylation sites is 1. The molecule has 0 atom stereocenters. The smallest absolute Gasteiger partial charge is 0.319 e. The third-order valence-corrected chi connectivity index (χ3v) is 3.17. The number of amides is 3. The van der Waals surface area contributed by atoms with E-state index in [9.17, 15) is 9.59 Å². The van der Waals surface area contributed by atoms with Gasteiger partial charge in [0.05, 0.1) is 5.56 Å². The van der Waals surface area contributed by atoms with Crippen LogP contribution in [-0.2, 0) is 9.63 Å². The van der Waals surface area contributed by atoms with Gasteiger partial charge in [-0.1, -0.05) is 17.3 Å². The number of carbonyl (C=O) groups excluding carboxylic acids is 2. The lowest BCUT2D eigenvalue weighted by atomic mass is 10.1. The topological polar surface area (TPSA) is 129 Å². The Morgan fingerprint density at radius 3 is 2.70 bits per heavy atom. The highest BCUT2D eigenvalue weighted by atomic mass is 32.1. The summed E-state index contributed by atoms with van der Waals surface area (Å²) in [7, 11) is 1.27. The monoisotopic (exact) mass is 335 g/mol. The van der Waals surface area contributed by atoms with Gasteiger partial charge in [0.15, 0.2) is 5.71 Å². The van der Waals surface area contributed by atoms with Crippen LogP contribution in [0.3, 0.4) is 0 Å². The molecule has 1 aromatic heterocycles. The van der Waals surface area contributed by atoms with Gasteiger partial charge in [0.1, 0.15) is 18.7 Å². The summed E-state index contributed by atoms with van der Waals surface area (Å²) in [5, 5.41) is 5.88. The van der Waals surface area contributed by atoms with Gasteiger partial charge in [0.25, 0.3) is 11.1 Å². The first-order valence-corrected chi connectivity index (χ1v) is 7.08. The van der Waals surface area contributed by atoms with Crippen molar-refractivity contribution in [1.29, 1.82) is 0 Å². The molecule has 0 unspecified atom stereocenters. The molecule has 0 radical (unpaired) electrons. The van der Waals surface area contributed by atoms with Gasteiger partial charge in [-0.3, -0.25) is 10.1 Å². The van der Waals surface area contributed by atoms with Crippen LogP contribution >= 0.6 is 11.5 Å². The van der Waals surface area contributed by atoms with E-state index in [0.29, 0.717) is 22.3 Å². The minimum atomic E-state index is -1.00. The average Bonchev–Trinajstić information content (AvgIpc) is 2.90. The Labute approximate surface area is 135 Å². The number of nitrogens with zero attached hydrogens (tertiary/aromatic N) is 3. The molecule has 0 spiro atoms. The van der Waals surface area contributed by atoms with E-state index in [0.717, 1.165) is 11.5 Å². The number of imide groups is 1. The SMILES string of the molecule is CO/N=C(/C(=O)NC(N)=O)c1ccccc1Oc1nc(C)ns1. The van der Waals surface area contributed by atoms with E-state index in [1.165, 1.54) is 7.11 Å². The van der Waals surface area contributed by atoms with E-state index in [1.807, 2.05) is 5.32 Å². The Bertz CT molecular complexity index is 758. The normalized spacial score (nSPS) is 11.0. The van der Waals surface area contributed by atoms with E-state index in [1.54, 1.807) is 31.2 Å². The summed E-state index contributed by atoms with van der Waals surface area (Å²) >= 11 is 1.07. The van der Waals surface area contributed by atoms with Crippen LogP contribution < -0.4 is 15.8 Å². The minimum absolute atomic E-state index is 0.164. The molecule has 120 valence electrons. The molecule has 1 aromatic carbocycles. The second kappa shape index (κ2) is 7.31. The van der Waals surface area contributed by atoms with Crippen LogP contribution in [0.2, 0.25) is 0 Å². The van der Waals surface area contributed by atoms with Crippen molar-refractivity contribution >= 4 is 29.2 Å². The van der Waals surface area contributed by atoms with E-state index in [-0.39, 0.29) is 5.71 Å². The molecule has 9 nitrogen and oxygen atoms in total. The molecule has 0 saturated carbocycles. The van der Waals surface area contributed by atoms with Gasteiger partial charge in [0, 0.05) is 11.5 Å². The first kappa shape index (κ1) is 16.4. The molecule has 0 saturated heterocycles. The lowest BCUT2D eigenvalue weighted by Crippen LogP contribution is -2.40. The Morgan fingerprint density at radius 2 is 2.09 bits per heavy atom. The van der Waals surface area contributed by atoms with Gasteiger partial charge in [-0.05, 0) is 19.1 Å². The van der Waals surface area contributed by atoms with Crippen molar-refractivity contribution in [3.8, 4) is 10.9 Å². The van der Waals surface area contributed by atoms with Crippen molar-refractivity contribution in [3.05, 3.63) is 35.7 Å². The largest absolute Gasteiger partial charge is 0.429 e. The van der Waals surface area contributed by atoms with Crippen LogP contribution in [0.5, 0.6) is 10.9 Å². The molecule has 3 amide bonds. The fourth-order valence-corrected chi connectivity index (χ4v) is 2.19. The Kier molecular flexibility index (Phi) is 5.20. The number of benzene rings is 1. The van der Waals surface area contributed by atoms with Crippen LogP contribution in [0.25, 0.3) is 0 Å². The number of hydrogen-bond donors (Lipinski definition) is 2. The maximum atomic E-state index is 12.0. The van der Waals surface area contributed by atoms with Crippen LogP contribution in [-0.4, -0.2) is 34.1 Å². The highest BCUT2D eigenvalue weighted by molar-refractivity contribution is 7.07. The number of aromatic nitrogens is 2. The summed E-state index contributed by atoms with van der Waals surface area (Å²) in [6.45, 7) is 1.73. The molecule has 0 fully saturated rings. The van der Waals surface area contributed by atoms with Crippen LogP contribution in [0, 0.1) is 6.92 Å². The maximum absolute atomic E-state index is 12.0. The molecule has 2 aromatic rings. The molecule has 1 heterocycles. The molecule has 23 heavy (non-hydrogen) atoms. The summed E-state index contributed by atoms with van der Waals surface area (Å²) in [6, 6.07) is 5.59. The Hall–Kier alpha value is -3.01. The summed E-state index contributed by atoms with van der Waals surface area (Å²) in [5.41, 5.74) is 5.10. The van der Waals surface area contributed by atoms with E-state index >= 15 is 0 Å². The fourth-order valence-electron chi connectivity index (χ4n) is 1.64. The molecular weight excluding hydrogens is 322 g/mol.